The van der Waals surface area contributed by atoms with Gasteiger partial charge in [0.15, 0.2) is 4.77 Å². The zero-order valence-corrected chi connectivity index (χ0v) is 14.7. The number of aromatic nitrogens is 2. The molecular formula is C13H15FIN3S2. The molecule has 0 aliphatic carbocycles. The second kappa shape index (κ2) is 6.33. The third-order valence-corrected chi connectivity index (χ3v) is 5.65. The van der Waals surface area contributed by atoms with Gasteiger partial charge in [-0.3, -0.25) is 4.90 Å². The van der Waals surface area contributed by atoms with Gasteiger partial charge in [0, 0.05) is 43.8 Å². The molecule has 20 heavy (non-hydrogen) atoms. The van der Waals surface area contributed by atoms with Gasteiger partial charge >= 0.3 is 0 Å². The number of halogens is 2. The van der Waals surface area contributed by atoms with Crippen molar-refractivity contribution < 1.29 is 4.39 Å². The van der Waals surface area contributed by atoms with E-state index in [1.54, 1.807) is 6.07 Å². The first kappa shape index (κ1) is 14.8. The van der Waals surface area contributed by atoms with E-state index in [1.807, 2.05) is 45.0 Å². The molecule has 1 N–H and O–H groups in total. The first-order chi connectivity index (χ1) is 9.65. The van der Waals surface area contributed by atoms with Crippen LogP contribution in [0.2, 0.25) is 0 Å². The van der Waals surface area contributed by atoms with Crippen LogP contribution in [0.15, 0.2) is 12.1 Å². The van der Waals surface area contributed by atoms with Gasteiger partial charge in [-0.05, 0) is 40.9 Å². The molecule has 1 aromatic heterocycles. The minimum absolute atomic E-state index is 0.185. The number of nitrogens with zero attached hydrogens (tertiary/aromatic N) is 2. The molecule has 0 bridgehead atoms. The van der Waals surface area contributed by atoms with Crippen LogP contribution in [0.1, 0.15) is 0 Å². The summed E-state index contributed by atoms with van der Waals surface area (Å²) in [6.45, 7) is 4.04. The molecule has 3 nitrogen and oxygen atoms in total. The van der Waals surface area contributed by atoms with Gasteiger partial charge in [-0.25, -0.2) is 4.39 Å². The van der Waals surface area contributed by atoms with E-state index in [0.29, 0.717) is 8.34 Å². The van der Waals surface area contributed by atoms with Crippen molar-refractivity contribution in [2.24, 2.45) is 0 Å². The smallest absolute Gasteiger partial charge is 0.178 e. The van der Waals surface area contributed by atoms with Crippen LogP contribution in [0.5, 0.6) is 0 Å². The van der Waals surface area contributed by atoms with Crippen molar-refractivity contribution in [1.29, 1.82) is 0 Å². The van der Waals surface area contributed by atoms with Gasteiger partial charge < -0.3 is 9.55 Å². The van der Waals surface area contributed by atoms with E-state index < -0.39 is 0 Å². The van der Waals surface area contributed by atoms with E-state index in [0.717, 1.165) is 37.2 Å². The Hall–Kier alpha value is -0.120. The summed E-state index contributed by atoms with van der Waals surface area (Å²) in [5, 5.41) is 0. The van der Waals surface area contributed by atoms with Crippen molar-refractivity contribution in [2.45, 2.75) is 6.54 Å². The van der Waals surface area contributed by atoms with Gasteiger partial charge in [0.05, 0.1) is 14.6 Å². The van der Waals surface area contributed by atoms with Crippen LogP contribution in [0.4, 0.5) is 4.39 Å². The maximum Gasteiger partial charge on any atom is 0.178 e. The minimum Gasteiger partial charge on any atom is -0.331 e. The molecule has 1 aliphatic heterocycles. The highest BCUT2D eigenvalue weighted by Crippen LogP contribution is 2.21. The standard InChI is InChI=1S/C13H15FIN3S2/c14-9-7-12-11(8-10(9)15)16-13(19)18(12)2-1-17-3-5-20-6-4-17/h7-8H,1-6H2,(H,16,19). The topological polar surface area (TPSA) is 24.0 Å². The van der Waals surface area contributed by atoms with Crippen LogP contribution >= 0.6 is 46.6 Å². The zero-order chi connectivity index (χ0) is 14.1. The van der Waals surface area contributed by atoms with Gasteiger partial charge in [-0.2, -0.15) is 11.8 Å². The lowest BCUT2D eigenvalue weighted by Gasteiger charge is -2.26. The summed E-state index contributed by atoms with van der Waals surface area (Å²) in [4.78, 5) is 5.61. The molecule has 0 radical (unpaired) electrons. The third-order valence-electron chi connectivity index (χ3n) is 3.56. The van der Waals surface area contributed by atoms with E-state index >= 15 is 0 Å². The second-order valence-corrected chi connectivity index (χ2v) is 7.59. The summed E-state index contributed by atoms with van der Waals surface area (Å²) in [6.07, 6.45) is 0. The summed E-state index contributed by atoms with van der Waals surface area (Å²) < 4.78 is 17.0. The van der Waals surface area contributed by atoms with Crippen molar-refractivity contribution in [3.05, 3.63) is 26.3 Å². The third kappa shape index (κ3) is 3.05. The number of aromatic amines is 1. The number of nitrogens with one attached hydrogen (secondary N) is 1. The molecule has 2 aromatic rings. The molecular weight excluding hydrogens is 408 g/mol. The fourth-order valence-electron chi connectivity index (χ4n) is 2.44. The molecule has 0 amide bonds. The Kier molecular flexibility index (Phi) is 4.68. The molecule has 3 rings (SSSR count). The Balaban J connectivity index is 1.85. The molecule has 108 valence electrons. The van der Waals surface area contributed by atoms with Gasteiger partial charge in [0.2, 0.25) is 0 Å². The second-order valence-electron chi connectivity index (χ2n) is 4.82. The van der Waals surface area contributed by atoms with Gasteiger partial charge in [0.25, 0.3) is 0 Å². The monoisotopic (exact) mass is 423 g/mol. The molecule has 1 aromatic carbocycles. The number of thioether (sulfide) groups is 1. The van der Waals surface area contributed by atoms with Crippen LogP contribution in [0.3, 0.4) is 0 Å². The summed E-state index contributed by atoms with van der Waals surface area (Å²) >= 11 is 9.37. The van der Waals surface area contributed by atoms with E-state index in [4.69, 9.17) is 12.2 Å². The van der Waals surface area contributed by atoms with E-state index in [-0.39, 0.29) is 5.82 Å². The molecule has 0 saturated carbocycles. The molecule has 0 unspecified atom stereocenters. The van der Waals surface area contributed by atoms with E-state index in [2.05, 4.69) is 9.88 Å². The number of fused-ring (bicyclic) bond motifs is 1. The summed E-state index contributed by atoms with van der Waals surface area (Å²) in [5.74, 6) is 2.22. The predicted octanol–water partition coefficient (Wildman–Crippen LogP) is 3.49. The van der Waals surface area contributed by atoms with Crippen LogP contribution in [-0.4, -0.2) is 45.6 Å². The van der Waals surface area contributed by atoms with E-state index in [9.17, 15) is 4.39 Å². The number of imidazole rings is 1. The molecule has 0 atom stereocenters. The average Bonchev–Trinajstić information content (AvgIpc) is 2.73. The lowest BCUT2D eigenvalue weighted by atomic mass is 10.3. The fourth-order valence-corrected chi connectivity index (χ4v) is 4.19. The summed E-state index contributed by atoms with van der Waals surface area (Å²) in [6, 6.07) is 3.39. The van der Waals surface area contributed by atoms with Crippen LogP contribution in [0, 0.1) is 14.2 Å². The predicted molar refractivity (Wildman–Crippen MR) is 93.6 cm³/mol. The number of H-pyrrole nitrogens is 1. The Morgan fingerprint density at radius 3 is 2.80 bits per heavy atom. The van der Waals surface area contributed by atoms with Gasteiger partial charge in [-0.15, -0.1) is 0 Å². The lowest BCUT2D eigenvalue weighted by molar-refractivity contribution is 0.290. The Morgan fingerprint density at radius 2 is 2.05 bits per heavy atom. The molecule has 1 saturated heterocycles. The normalized spacial score (nSPS) is 16.9. The largest absolute Gasteiger partial charge is 0.331 e. The molecule has 1 aliphatic rings. The van der Waals surface area contributed by atoms with Crippen molar-refractivity contribution in [3.8, 4) is 0 Å². The highest BCUT2D eigenvalue weighted by atomic mass is 127. The van der Waals surface area contributed by atoms with Crippen molar-refractivity contribution >= 4 is 57.6 Å². The zero-order valence-electron chi connectivity index (χ0n) is 10.9. The highest BCUT2D eigenvalue weighted by Gasteiger charge is 2.12. The molecule has 7 heteroatoms. The minimum atomic E-state index is -0.185. The summed E-state index contributed by atoms with van der Waals surface area (Å²) in [5.41, 5.74) is 1.77. The molecule has 1 fully saturated rings. The first-order valence-electron chi connectivity index (χ1n) is 6.53. The Morgan fingerprint density at radius 1 is 1.30 bits per heavy atom. The fraction of sp³-hybridized carbons (Fsp3) is 0.462. The number of hydrogen-bond donors (Lipinski definition) is 1. The lowest BCUT2D eigenvalue weighted by Crippen LogP contribution is -2.35. The first-order valence-corrected chi connectivity index (χ1v) is 9.17. The van der Waals surface area contributed by atoms with Crippen LogP contribution in [-0.2, 0) is 6.54 Å². The van der Waals surface area contributed by atoms with Crippen LogP contribution < -0.4 is 0 Å². The number of rotatable bonds is 3. The van der Waals surface area contributed by atoms with Gasteiger partial charge in [-0.1, -0.05) is 0 Å². The van der Waals surface area contributed by atoms with Crippen molar-refractivity contribution in [1.82, 2.24) is 14.5 Å². The SMILES string of the molecule is Fc1cc2c(cc1I)[nH]c(=S)n2CCN1CCSCC1. The number of hydrogen-bond acceptors (Lipinski definition) is 3. The average molecular weight is 423 g/mol. The van der Waals surface area contributed by atoms with E-state index in [1.165, 1.54) is 11.5 Å². The molecule has 0 spiro atoms. The Labute approximate surface area is 140 Å². The summed E-state index contributed by atoms with van der Waals surface area (Å²) in [7, 11) is 0. The Bertz CT molecular complexity index is 676. The quantitative estimate of drug-likeness (QED) is 0.604. The highest BCUT2D eigenvalue weighted by molar-refractivity contribution is 14.1. The van der Waals surface area contributed by atoms with Crippen molar-refractivity contribution in [3.63, 3.8) is 0 Å². The van der Waals surface area contributed by atoms with Crippen LogP contribution in [0.25, 0.3) is 11.0 Å². The number of benzene rings is 1. The van der Waals surface area contributed by atoms with Crippen molar-refractivity contribution in [2.75, 3.05) is 31.1 Å². The maximum atomic E-state index is 13.8. The maximum absolute atomic E-state index is 13.8. The molecule has 2 heterocycles. The van der Waals surface area contributed by atoms with Gasteiger partial charge in [0.1, 0.15) is 5.82 Å².